The van der Waals surface area contributed by atoms with E-state index in [2.05, 4.69) is 10.1 Å². The fraction of sp³-hybridized carbons (Fsp3) is 0.300. The van der Waals surface area contributed by atoms with Crippen molar-refractivity contribution < 1.29 is 14.3 Å². The quantitative estimate of drug-likeness (QED) is 0.669. The van der Waals surface area contributed by atoms with Gasteiger partial charge in [0.2, 0.25) is 0 Å². The standard InChI is InChI=1S/C20H24N4O3/c1-27-19(25)17(22)10-13-2-6-15(7-3-13)18-12-23-20(26)24(18)16-8-4-14(11-21)5-9-16/h2-9,17-18H,10-12,21-22H2,1H3,(H,23,26). The van der Waals surface area contributed by atoms with Crippen molar-refractivity contribution in [2.75, 3.05) is 18.6 Å². The summed E-state index contributed by atoms with van der Waals surface area (Å²) in [4.78, 5) is 25.6. The number of rotatable bonds is 6. The number of urea groups is 1. The van der Waals surface area contributed by atoms with Crippen molar-refractivity contribution in [3.63, 3.8) is 0 Å². The molecule has 0 bridgehead atoms. The summed E-state index contributed by atoms with van der Waals surface area (Å²) in [5.41, 5.74) is 15.2. The van der Waals surface area contributed by atoms with Gasteiger partial charge in [0.1, 0.15) is 6.04 Å². The molecule has 0 radical (unpaired) electrons. The molecule has 2 unspecified atom stereocenters. The number of hydrogen-bond acceptors (Lipinski definition) is 5. The lowest BCUT2D eigenvalue weighted by Crippen LogP contribution is -2.33. The van der Waals surface area contributed by atoms with Crippen LogP contribution in [-0.2, 0) is 22.5 Å². The highest BCUT2D eigenvalue weighted by Crippen LogP contribution is 2.31. The van der Waals surface area contributed by atoms with E-state index in [0.29, 0.717) is 19.5 Å². The number of carbonyl (C=O) groups is 2. The number of hydrogen-bond donors (Lipinski definition) is 3. The number of esters is 1. The molecule has 0 aliphatic carbocycles. The predicted molar refractivity (Wildman–Crippen MR) is 103 cm³/mol. The summed E-state index contributed by atoms with van der Waals surface area (Å²) >= 11 is 0. The van der Waals surface area contributed by atoms with Crippen LogP contribution in [0, 0.1) is 0 Å². The molecule has 3 rings (SSSR count). The van der Waals surface area contributed by atoms with Crippen LogP contribution in [0.4, 0.5) is 10.5 Å². The molecular weight excluding hydrogens is 344 g/mol. The van der Waals surface area contributed by atoms with Gasteiger partial charge in [-0.3, -0.25) is 9.69 Å². The second-order valence-electron chi connectivity index (χ2n) is 6.52. The third-order valence-electron chi connectivity index (χ3n) is 4.75. The summed E-state index contributed by atoms with van der Waals surface area (Å²) in [7, 11) is 1.32. The fourth-order valence-electron chi connectivity index (χ4n) is 3.22. The molecule has 7 nitrogen and oxygen atoms in total. The molecule has 7 heteroatoms. The molecule has 1 aliphatic rings. The SMILES string of the molecule is COC(=O)C(N)Cc1ccc(C2CNC(=O)N2c2ccc(CN)cc2)cc1. The van der Waals surface area contributed by atoms with E-state index in [1.54, 1.807) is 4.90 Å². The van der Waals surface area contributed by atoms with E-state index in [1.807, 2.05) is 48.5 Å². The molecular formula is C20H24N4O3. The number of nitrogens with zero attached hydrogens (tertiary/aromatic N) is 1. The smallest absolute Gasteiger partial charge is 0.322 e. The molecule has 1 aliphatic heterocycles. The first kappa shape index (κ1) is 18.9. The van der Waals surface area contributed by atoms with E-state index in [4.69, 9.17) is 11.5 Å². The molecule has 27 heavy (non-hydrogen) atoms. The first-order chi connectivity index (χ1) is 13.0. The second-order valence-corrected chi connectivity index (χ2v) is 6.52. The molecule has 2 aromatic carbocycles. The van der Waals surface area contributed by atoms with Gasteiger partial charge < -0.3 is 21.5 Å². The van der Waals surface area contributed by atoms with Crippen molar-refractivity contribution >= 4 is 17.7 Å². The largest absolute Gasteiger partial charge is 0.468 e. The number of amides is 2. The zero-order chi connectivity index (χ0) is 19.4. The van der Waals surface area contributed by atoms with Crippen LogP contribution in [0.2, 0.25) is 0 Å². The topological polar surface area (TPSA) is 111 Å². The summed E-state index contributed by atoms with van der Waals surface area (Å²) in [5.74, 6) is -0.434. The van der Waals surface area contributed by atoms with Gasteiger partial charge in [-0.1, -0.05) is 36.4 Å². The van der Waals surface area contributed by atoms with Gasteiger partial charge in [-0.15, -0.1) is 0 Å². The Balaban J connectivity index is 1.77. The molecule has 5 N–H and O–H groups in total. The minimum Gasteiger partial charge on any atom is -0.468 e. The van der Waals surface area contributed by atoms with Crippen molar-refractivity contribution in [1.29, 1.82) is 0 Å². The lowest BCUT2D eigenvalue weighted by molar-refractivity contribution is -0.142. The highest BCUT2D eigenvalue weighted by Gasteiger charge is 2.33. The minimum atomic E-state index is -0.687. The Morgan fingerprint density at radius 2 is 1.81 bits per heavy atom. The van der Waals surface area contributed by atoms with Gasteiger partial charge >= 0.3 is 12.0 Å². The number of methoxy groups -OCH3 is 1. The number of nitrogens with one attached hydrogen (secondary N) is 1. The number of anilines is 1. The Bertz CT molecular complexity index is 805. The van der Waals surface area contributed by atoms with Crippen LogP contribution in [-0.4, -0.2) is 31.7 Å². The summed E-state index contributed by atoms with van der Waals surface area (Å²) < 4.78 is 4.66. The number of benzene rings is 2. The average molecular weight is 368 g/mol. The summed E-state index contributed by atoms with van der Waals surface area (Å²) in [6, 6.07) is 14.5. The third kappa shape index (κ3) is 4.10. The lowest BCUT2D eigenvalue weighted by Gasteiger charge is -2.24. The molecule has 1 heterocycles. The minimum absolute atomic E-state index is 0.107. The lowest BCUT2D eigenvalue weighted by atomic mass is 10.0. The van der Waals surface area contributed by atoms with Crippen molar-refractivity contribution in [3.8, 4) is 0 Å². The highest BCUT2D eigenvalue weighted by atomic mass is 16.5. The maximum atomic E-state index is 12.4. The van der Waals surface area contributed by atoms with Crippen LogP contribution < -0.4 is 21.7 Å². The van der Waals surface area contributed by atoms with Gasteiger partial charge in [0.25, 0.3) is 0 Å². The van der Waals surface area contributed by atoms with Crippen molar-refractivity contribution in [2.45, 2.75) is 25.0 Å². The Hall–Kier alpha value is -2.90. The van der Waals surface area contributed by atoms with Gasteiger partial charge in [-0.05, 0) is 35.2 Å². The summed E-state index contributed by atoms with van der Waals surface area (Å²) in [5, 5.41) is 2.90. The Morgan fingerprint density at radius 3 is 2.41 bits per heavy atom. The number of nitrogens with two attached hydrogens (primary N) is 2. The first-order valence-corrected chi connectivity index (χ1v) is 8.81. The van der Waals surface area contributed by atoms with Gasteiger partial charge in [0.05, 0.1) is 13.2 Å². The van der Waals surface area contributed by atoms with E-state index >= 15 is 0 Å². The van der Waals surface area contributed by atoms with Crippen LogP contribution in [0.15, 0.2) is 48.5 Å². The van der Waals surface area contributed by atoms with E-state index < -0.39 is 12.0 Å². The monoisotopic (exact) mass is 368 g/mol. The molecule has 142 valence electrons. The molecule has 1 fully saturated rings. The molecule has 0 aromatic heterocycles. The Kier molecular flexibility index (Phi) is 5.73. The predicted octanol–water partition coefficient (Wildman–Crippen LogP) is 1.46. The van der Waals surface area contributed by atoms with Crippen LogP contribution in [0.1, 0.15) is 22.7 Å². The molecule has 2 amide bonds. The number of ether oxygens (including phenoxy) is 1. The summed E-state index contributed by atoms with van der Waals surface area (Å²) in [6.07, 6.45) is 0.402. The van der Waals surface area contributed by atoms with Gasteiger partial charge in [0.15, 0.2) is 0 Å². The van der Waals surface area contributed by atoms with Crippen molar-refractivity contribution in [2.24, 2.45) is 11.5 Å². The molecule has 1 saturated heterocycles. The fourth-order valence-corrected chi connectivity index (χ4v) is 3.22. The van der Waals surface area contributed by atoms with E-state index in [1.165, 1.54) is 7.11 Å². The maximum absolute atomic E-state index is 12.4. The molecule has 2 atom stereocenters. The van der Waals surface area contributed by atoms with E-state index in [0.717, 1.165) is 22.4 Å². The maximum Gasteiger partial charge on any atom is 0.322 e. The van der Waals surface area contributed by atoms with Crippen LogP contribution in [0.25, 0.3) is 0 Å². The molecule has 0 spiro atoms. The van der Waals surface area contributed by atoms with Crippen molar-refractivity contribution in [3.05, 3.63) is 65.2 Å². The third-order valence-corrected chi connectivity index (χ3v) is 4.75. The van der Waals surface area contributed by atoms with Crippen LogP contribution >= 0.6 is 0 Å². The average Bonchev–Trinajstić information content (AvgIpc) is 3.09. The van der Waals surface area contributed by atoms with E-state index in [9.17, 15) is 9.59 Å². The molecule has 0 saturated carbocycles. The van der Waals surface area contributed by atoms with Gasteiger partial charge in [-0.25, -0.2) is 4.79 Å². The van der Waals surface area contributed by atoms with Crippen LogP contribution in [0.3, 0.4) is 0 Å². The zero-order valence-corrected chi connectivity index (χ0v) is 15.2. The Labute approximate surface area is 158 Å². The Morgan fingerprint density at radius 1 is 1.19 bits per heavy atom. The van der Waals surface area contributed by atoms with Crippen molar-refractivity contribution in [1.82, 2.24) is 5.32 Å². The normalized spacial score (nSPS) is 17.5. The second kappa shape index (κ2) is 8.20. The first-order valence-electron chi connectivity index (χ1n) is 8.81. The summed E-state index contributed by atoms with van der Waals surface area (Å²) in [6.45, 7) is 0.990. The number of carbonyl (C=O) groups excluding carboxylic acids is 2. The van der Waals surface area contributed by atoms with E-state index in [-0.39, 0.29) is 12.1 Å². The van der Waals surface area contributed by atoms with Gasteiger partial charge in [0, 0.05) is 18.8 Å². The van der Waals surface area contributed by atoms with Gasteiger partial charge in [-0.2, -0.15) is 0 Å². The zero-order valence-electron chi connectivity index (χ0n) is 15.2. The highest BCUT2D eigenvalue weighted by molar-refractivity contribution is 5.95. The molecule has 2 aromatic rings. The van der Waals surface area contributed by atoms with Crippen LogP contribution in [0.5, 0.6) is 0 Å².